The SMILES string of the molecule is Cc1cc(C(C)NC(=O)CNCC2CC2)c(C)o1. The summed E-state index contributed by atoms with van der Waals surface area (Å²) in [7, 11) is 0. The van der Waals surface area contributed by atoms with Crippen LogP contribution in [-0.2, 0) is 4.79 Å². The highest BCUT2D eigenvalue weighted by Gasteiger charge is 2.21. The summed E-state index contributed by atoms with van der Waals surface area (Å²) in [6.07, 6.45) is 2.61. The lowest BCUT2D eigenvalue weighted by atomic mass is 10.1. The maximum absolute atomic E-state index is 11.7. The average molecular weight is 250 g/mol. The molecule has 1 heterocycles. The van der Waals surface area contributed by atoms with Gasteiger partial charge in [0.1, 0.15) is 11.5 Å². The highest BCUT2D eigenvalue weighted by Crippen LogP contribution is 2.27. The summed E-state index contributed by atoms with van der Waals surface area (Å²) in [6.45, 7) is 7.19. The maximum Gasteiger partial charge on any atom is 0.234 e. The third-order valence-electron chi connectivity index (χ3n) is 3.34. The van der Waals surface area contributed by atoms with Crippen LogP contribution in [0.1, 0.15) is 42.9 Å². The van der Waals surface area contributed by atoms with Gasteiger partial charge in [0.15, 0.2) is 0 Å². The van der Waals surface area contributed by atoms with Crippen molar-refractivity contribution in [1.82, 2.24) is 10.6 Å². The van der Waals surface area contributed by atoms with E-state index in [9.17, 15) is 4.79 Å². The second kappa shape index (κ2) is 5.57. The Hall–Kier alpha value is -1.29. The second-order valence-electron chi connectivity index (χ2n) is 5.23. The van der Waals surface area contributed by atoms with Crippen molar-refractivity contribution in [1.29, 1.82) is 0 Å². The molecule has 0 spiro atoms. The van der Waals surface area contributed by atoms with Crippen LogP contribution in [0.3, 0.4) is 0 Å². The zero-order valence-corrected chi connectivity index (χ0v) is 11.4. The van der Waals surface area contributed by atoms with Crippen LogP contribution in [-0.4, -0.2) is 19.0 Å². The molecule has 0 aromatic carbocycles. The third-order valence-corrected chi connectivity index (χ3v) is 3.34. The number of carbonyl (C=O) groups excluding carboxylic acids is 1. The topological polar surface area (TPSA) is 54.3 Å². The average Bonchev–Trinajstić information content (AvgIpc) is 3.03. The van der Waals surface area contributed by atoms with E-state index in [4.69, 9.17) is 4.42 Å². The van der Waals surface area contributed by atoms with Crippen molar-refractivity contribution in [3.05, 3.63) is 23.2 Å². The lowest BCUT2D eigenvalue weighted by Crippen LogP contribution is -2.36. The molecule has 0 saturated heterocycles. The Morgan fingerprint density at radius 3 is 2.78 bits per heavy atom. The van der Waals surface area contributed by atoms with Crippen LogP contribution < -0.4 is 10.6 Å². The molecule has 18 heavy (non-hydrogen) atoms. The van der Waals surface area contributed by atoms with E-state index < -0.39 is 0 Å². The number of nitrogens with one attached hydrogen (secondary N) is 2. The van der Waals surface area contributed by atoms with Crippen molar-refractivity contribution in [2.24, 2.45) is 5.92 Å². The molecule has 0 bridgehead atoms. The van der Waals surface area contributed by atoms with Crippen LogP contribution in [0.25, 0.3) is 0 Å². The van der Waals surface area contributed by atoms with Crippen molar-refractivity contribution in [2.75, 3.05) is 13.1 Å². The number of carbonyl (C=O) groups is 1. The van der Waals surface area contributed by atoms with Crippen LogP contribution >= 0.6 is 0 Å². The van der Waals surface area contributed by atoms with Gasteiger partial charge in [0.2, 0.25) is 5.91 Å². The predicted octanol–water partition coefficient (Wildman–Crippen LogP) is 2.07. The van der Waals surface area contributed by atoms with Gasteiger partial charge in [-0.05, 0) is 52.1 Å². The normalized spacial score (nSPS) is 16.6. The molecule has 1 unspecified atom stereocenters. The number of furan rings is 1. The molecule has 0 aliphatic heterocycles. The Kier molecular flexibility index (Phi) is 4.07. The first-order chi connectivity index (χ1) is 8.56. The molecule has 1 aromatic heterocycles. The number of aryl methyl sites for hydroxylation is 2. The minimum atomic E-state index is -0.00215. The van der Waals surface area contributed by atoms with E-state index in [1.807, 2.05) is 26.8 Å². The van der Waals surface area contributed by atoms with Gasteiger partial charge in [-0.1, -0.05) is 0 Å². The monoisotopic (exact) mass is 250 g/mol. The molecule has 100 valence electrons. The minimum Gasteiger partial charge on any atom is -0.466 e. The summed E-state index contributed by atoms with van der Waals surface area (Å²) in [5.74, 6) is 2.61. The third kappa shape index (κ3) is 3.60. The van der Waals surface area contributed by atoms with Gasteiger partial charge in [0, 0.05) is 5.56 Å². The second-order valence-corrected chi connectivity index (χ2v) is 5.23. The molecule has 4 heteroatoms. The lowest BCUT2D eigenvalue weighted by Gasteiger charge is -2.13. The van der Waals surface area contributed by atoms with Gasteiger partial charge in [-0.25, -0.2) is 0 Å². The van der Waals surface area contributed by atoms with Gasteiger partial charge in [-0.2, -0.15) is 0 Å². The van der Waals surface area contributed by atoms with E-state index in [-0.39, 0.29) is 11.9 Å². The van der Waals surface area contributed by atoms with Gasteiger partial charge in [0.25, 0.3) is 0 Å². The number of hydrogen-bond donors (Lipinski definition) is 2. The van der Waals surface area contributed by atoms with Crippen LogP contribution in [0, 0.1) is 19.8 Å². The Labute approximate surface area is 108 Å². The Balaban J connectivity index is 1.76. The van der Waals surface area contributed by atoms with Crippen molar-refractivity contribution in [2.45, 2.75) is 39.7 Å². The van der Waals surface area contributed by atoms with Gasteiger partial charge in [-0.3, -0.25) is 4.79 Å². The maximum atomic E-state index is 11.7. The fourth-order valence-corrected chi connectivity index (χ4v) is 2.16. The first-order valence-corrected chi connectivity index (χ1v) is 6.63. The zero-order chi connectivity index (χ0) is 13.1. The lowest BCUT2D eigenvalue weighted by molar-refractivity contribution is -0.120. The molecule has 1 amide bonds. The highest BCUT2D eigenvalue weighted by atomic mass is 16.3. The molecule has 1 aliphatic carbocycles. The molecule has 2 rings (SSSR count). The first kappa shape index (κ1) is 13.1. The smallest absolute Gasteiger partial charge is 0.234 e. The van der Waals surface area contributed by atoms with E-state index in [1.54, 1.807) is 0 Å². The summed E-state index contributed by atoms with van der Waals surface area (Å²) in [6, 6.07) is 1.98. The quantitative estimate of drug-likeness (QED) is 0.812. The summed E-state index contributed by atoms with van der Waals surface area (Å²) in [5, 5.41) is 6.17. The van der Waals surface area contributed by atoms with E-state index in [0.29, 0.717) is 6.54 Å². The Morgan fingerprint density at radius 2 is 2.22 bits per heavy atom. The van der Waals surface area contributed by atoms with E-state index in [1.165, 1.54) is 12.8 Å². The fourth-order valence-electron chi connectivity index (χ4n) is 2.16. The molecular weight excluding hydrogens is 228 g/mol. The van der Waals surface area contributed by atoms with E-state index in [2.05, 4.69) is 10.6 Å². The summed E-state index contributed by atoms with van der Waals surface area (Å²) < 4.78 is 5.47. The molecule has 2 N–H and O–H groups in total. The fraction of sp³-hybridized carbons (Fsp3) is 0.643. The van der Waals surface area contributed by atoms with Gasteiger partial charge in [-0.15, -0.1) is 0 Å². The minimum absolute atomic E-state index is 0.00215. The summed E-state index contributed by atoms with van der Waals surface area (Å²) in [5.41, 5.74) is 1.06. The summed E-state index contributed by atoms with van der Waals surface area (Å²) in [4.78, 5) is 11.7. The van der Waals surface area contributed by atoms with Crippen LogP contribution in [0.2, 0.25) is 0 Å². The first-order valence-electron chi connectivity index (χ1n) is 6.63. The molecule has 1 atom stereocenters. The zero-order valence-electron chi connectivity index (χ0n) is 11.4. The summed E-state index contributed by atoms with van der Waals surface area (Å²) >= 11 is 0. The van der Waals surface area contributed by atoms with Crippen molar-refractivity contribution in [3.8, 4) is 0 Å². The van der Waals surface area contributed by atoms with Crippen molar-refractivity contribution < 1.29 is 9.21 Å². The van der Waals surface area contributed by atoms with Gasteiger partial charge >= 0.3 is 0 Å². The van der Waals surface area contributed by atoms with Crippen molar-refractivity contribution in [3.63, 3.8) is 0 Å². The van der Waals surface area contributed by atoms with E-state index in [0.717, 1.165) is 29.5 Å². The van der Waals surface area contributed by atoms with Crippen molar-refractivity contribution >= 4 is 5.91 Å². The number of rotatable bonds is 6. The highest BCUT2D eigenvalue weighted by molar-refractivity contribution is 5.78. The van der Waals surface area contributed by atoms with Crippen LogP contribution in [0.5, 0.6) is 0 Å². The molecular formula is C14H22N2O2. The van der Waals surface area contributed by atoms with Crippen LogP contribution in [0.4, 0.5) is 0 Å². The Bertz CT molecular complexity index is 421. The number of amides is 1. The predicted molar refractivity (Wildman–Crippen MR) is 70.3 cm³/mol. The Morgan fingerprint density at radius 1 is 1.50 bits per heavy atom. The standard InChI is InChI=1S/C14H22N2O2/c1-9-6-13(11(3)18-9)10(2)16-14(17)8-15-7-12-4-5-12/h6,10,12,15H,4-5,7-8H2,1-3H3,(H,16,17). The van der Waals surface area contributed by atoms with Crippen LogP contribution in [0.15, 0.2) is 10.5 Å². The largest absolute Gasteiger partial charge is 0.466 e. The molecule has 0 radical (unpaired) electrons. The number of hydrogen-bond acceptors (Lipinski definition) is 3. The molecule has 4 nitrogen and oxygen atoms in total. The van der Waals surface area contributed by atoms with Gasteiger partial charge in [0.05, 0.1) is 12.6 Å². The molecule has 1 aromatic rings. The molecule has 1 fully saturated rings. The van der Waals surface area contributed by atoms with E-state index >= 15 is 0 Å². The van der Waals surface area contributed by atoms with Gasteiger partial charge < -0.3 is 15.1 Å². The molecule has 1 aliphatic rings. The molecule has 1 saturated carbocycles.